The van der Waals surface area contributed by atoms with Crippen LogP contribution < -0.4 is 25.0 Å². The zero-order valence-electron chi connectivity index (χ0n) is 16.0. The van der Waals surface area contributed by atoms with Gasteiger partial charge in [0.1, 0.15) is 0 Å². The van der Waals surface area contributed by atoms with Crippen LogP contribution in [-0.2, 0) is 4.79 Å². The van der Waals surface area contributed by atoms with Crippen molar-refractivity contribution in [2.24, 2.45) is 0 Å². The van der Waals surface area contributed by atoms with Gasteiger partial charge in [-0.25, -0.2) is 0 Å². The van der Waals surface area contributed by atoms with E-state index in [4.69, 9.17) is 9.47 Å². The molecule has 1 amide bonds. The maximum Gasteiger partial charge on any atom is 0.226 e. The highest BCUT2D eigenvalue weighted by molar-refractivity contribution is 5.91. The number of carbonyl (C=O) groups is 1. The van der Waals surface area contributed by atoms with Gasteiger partial charge >= 0.3 is 0 Å². The molecule has 1 aliphatic heterocycles. The molecule has 0 aromatic heterocycles. The molecule has 0 aliphatic carbocycles. The SMILES string of the molecule is COc1ccc(NCCC(=O)Nc2ccc(N3CCCC3)cc2)cc1OC. The lowest BCUT2D eigenvalue weighted by Crippen LogP contribution is -2.18. The van der Waals surface area contributed by atoms with Crippen LogP contribution in [-0.4, -0.2) is 39.8 Å². The minimum atomic E-state index is -0.0168. The van der Waals surface area contributed by atoms with E-state index in [9.17, 15) is 4.79 Å². The molecule has 1 saturated heterocycles. The first-order valence-electron chi connectivity index (χ1n) is 9.30. The number of hydrogen-bond acceptors (Lipinski definition) is 5. The van der Waals surface area contributed by atoms with Gasteiger partial charge in [0.05, 0.1) is 14.2 Å². The molecule has 0 unspecified atom stereocenters. The van der Waals surface area contributed by atoms with Crippen molar-refractivity contribution in [1.29, 1.82) is 0 Å². The van der Waals surface area contributed by atoms with E-state index in [0.717, 1.165) is 24.5 Å². The molecule has 0 spiro atoms. The van der Waals surface area contributed by atoms with Gasteiger partial charge in [0.2, 0.25) is 5.91 Å². The van der Waals surface area contributed by atoms with E-state index >= 15 is 0 Å². The van der Waals surface area contributed by atoms with Crippen LogP contribution in [0.15, 0.2) is 42.5 Å². The molecule has 6 heteroatoms. The predicted octanol–water partition coefficient (Wildman–Crippen LogP) is 3.74. The number of nitrogens with one attached hydrogen (secondary N) is 2. The molecule has 6 nitrogen and oxygen atoms in total. The van der Waals surface area contributed by atoms with Crippen LogP contribution in [0.5, 0.6) is 11.5 Å². The monoisotopic (exact) mass is 369 g/mol. The number of carbonyl (C=O) groups excluding carboxylic acids is 1. The maximum absolute atomic E-state index is 12.2. The van der Waals surface area contributed by atoms with Crippen molar-refractivity contribution in [2.45, 2.75) is 19.3 Å². The molecule has 27 heavy (non-hydrogen) atoms. The second kappa shape index (κ2) is 9.16. The highest BCUT2D eigenvalue weighted by Crippen LogP contribution is 2.29. The van der Waals surface area contributed by atoms with Gasteiger partial charge in [-0.2, -0.15) is 0 Å². The van der Waals surface area contributed by atoms with Crippen LogP contribution in [0.4, 0.5) is 17.1 Å². The Hall–Kier alpha value is -2.89. The normalized spacial score (nSPS) is 13.3. The van der Waals surface area contributed by atoms with E-state index < -0.39 is 0 Å². The van der Waals surface area contributed by atoms with Crippen LogP contribution in [0.2, 0.25) is 0 Å². The summed E-state index contributed by atoms with van der Waals surface area (Å²) < 4.78 is 10.5. The summed E-state index contributed by atoms with van der Waals surface area (Å²) in [4.78, 5) is 14.5. The lowest BCUT2D eigenvalue weighted by atomic mass is 10.2. The second-order valence-corrected chi connectivity index (χ2v) is 6.54. The van der Waals surface area contributed by atoms with Crippen molar-refractivity contribution < 1.29 is 14.3 Å². The Kier molecular flexibility index (Phi) is 6.41. The Bertz CT molecular complexity index is 756. The Labute approximate surface area is 160 Å². The molecule has 0 bridgehead atoms. The van der Waals surface area contributed by atoms with Crippen molar-refractivity contribution in [3.05, 3.63) is 42.5 Å². The molecule has 2 aromatic rings. The zero-order valence-corrected chi connectivity index (χ0v) is 16.0. The number of benzene rings is 2. The van der Waals surface area contributed by atoms with Gasteiger partial charge < -0.3 is 25.0 Å². The van der Waals surface area contributed by atoms with Crippen molar-refractivity contribution >= 4 is 23.0 Å². The standard InChI is InChI=1S/C21H27N3O3/c1-26-19-10-7-17(15-20(19)27-2)22-12-11-21(25)23-16-5-8-18(9-6-16)24-13-3-4-14-24/h5-10,15,22H,3-4,11-14H2,1-2H3,(H,23,25). The van der Waals surface area contributed by atoms with E-state index in [1.807, 2.05) is 30.3 Å². The summed E-state index contributed by atoms with van der Waals surface area (Å²) in [6.45, 7) is 2.77. The number of ether oxygens (including phenoxy) is 2. The van der Waals surface area contributed by atoms with Crippen molar-refractivity contribution in [2.75, 3.05) is 49.4 Å². The van der Waals surface area contributed by atoms with Gasteiger partial charge in [-0.05, 0) is 49.2 Å². The quantitative estimate of drug-likeness (QED) is 0.742. The Morgan fingerprint density at radius 2 is 1.63 bits per heavy atom. The molecule has 3 rings (SSSR count). The van der Waals surface area contributed by atoms with Crippen LogP contribution >= 0.6 is 0 Å². The zero-order chi connectivity index (χ0) is 19.1. The molecule has 1 fully saturated rings. The first kappa shape index (κ1) is 18.9. The lowest BCUT2D eigenvalue weighted by Gasteiger charge is -2.17. The Morgan fingerprint density at radius 3 is 2.30 bits per heavy atom. The van der Waals surface area contributed by atoms with Crippen LogP contribution in [0, 0.1) is 0 Å². The summed E-state index contributed by atoms with van der Waals surface area (Å²) in [5.74, 6) is 1.32. The summed E-state index contributed by atoms with van der Waals surface area (Å²) in [6.07, 6.45) is 2.89. The summed E-state index contributed by atoms with van der Waals surface area (Å²) in [7, 11) is 3.21. The molecule has 1 aliphatic rings. The summed E-state index contributed by atoms with van der Waals surface area (Å²) >= 11 is 0. The lowest BCUT2D eigenvalue weighted by molar-refractivity contribution is -0.115. The van der Waals surface area contributed by atoms with E-state index in [0.29, 0.717) is 24.5 Å². The van der Waals surface area contributed by atoms with Gasteiger partial charge in [0, 0.05) is 49.2 Å². The van der Waals surface area contributed by atoms with E-state index in [1.165, 1.54) is 18.5 Å². The number of anilines is 3. The molecule has 144 valence electrons. The first-order valence-corrected chi connectivity index (χ1v) is 9.30. The maximum atomic E-state index is 12.2. The van der Waals surface area contributed by atoms with Crippen molar-refractivity contribution in [3.63, 3.8) is 0 Å². The molecule has 0 saturated carbocycles. The topological polar surface area (TPSA) is 62.8 Å². The van der Waals surface area contributed by atoms with E-state index in [2.05, 4.69) is 27.7 Å². The third kappa shape index (κ3) is 5.06. The molecule has 2 N–H and O–H groups in total. The van der Waals surface area contributed by atoms with Crippen molar-refractivity contribution in [1.82, 2.24) is 0 Å². The summed E-state index contributed by atoms with van der Waals surface area (Å²) in [5, 5.41) is 6.18. The fraction of sp³-hybridized carbons (Fsp3) is 0.381. The third-order valence-corrected chi connectivity index (χ3v) is 4.69. The van der Waals surface area contributed by atoms with Gasteiger partial charge in [-0.15, -0.1) is 0 Å². The number of rotatable bonds is 8. The largest absolute Gasteiger partial charge is 0.493 e. The summed E-state index contributed by atoms with van der Waals surface area (Å²) in [6, 6.07) is 13.7. The Morgan fingerprint density at radius 1 is 0.963 bits per heavy atom. The molecule has 0 atom stereocenters. The third-order valence-electron chi connectivity index (χ3n) is 4.69. The molecule has 2 aromatic carbocycles. The molecule has 1 heterocycles. The van der Waals surface area contributed by atoms with Crippen LogP contribution in [0.3, 0.4) is 0 Å². The minimum absolute atomic E-state index is 0.0168. The highest BCUT2D eigenvalue weighted by atomic mass is 16.5. The second-order valence-electron chi connectivity index (χ2n) is 6.54. The van der Waals surface area contributed by atoms with Gasteiger partial charge in [-0.1, -0.05) is 0 Å². The smallest absolute Gasteiger partial charge is 0.226 e. The van der Waals surface area contributed by atoms with Gasteiger partial charge in [-0.3, -0.25) is 4.79 Å². The predicted molar refractivity (Wildman–Crippen MR) is 109 cm³/mol. The number of hydrogen-bond donors (Lipinski definition) is 2. The average Bonchev–Trinajstić information content (AvgIpc) is 3.23. The van der Waals surface area contributed by atoms with Crippen molar-refractivity contribution in [3.8, 4) is 11.5 Å². The molecular weight excluding hydrogens is 342 g/mol. The summed E-state index contributed by atoms with van der Waals surface area (Å²) in [5.41, 5.74) is 2.94. The van der Waals surface area contributed by atoms with E-state index in [-0.39, 0.29) is 5.91 Å². The number of methoxy groups -OCH3 is 2. The highest BCUT2D eigenvalue weighted by Gasteiger charge is 2.12. The fourth-order valence-electron chi connectivity index (χ4n) is 3.22. The van der Waals surface area contributed by atoms with E-state index in [1.54, 1.807) is 14.2 Å². The van der Waals surface area contributed by atoms with Gasteiger partial charge in [0.15, 0.2) is 11.5 Å². The van der Waals surface area contributed by atoms with Gasteiger partial charge in [0.25, 0.3) is 0 Å². The molecule has 0 radical (unpaired) electrons. The minimum Gasteiger partial charge on any atom is -0.493 e. The number of amides is 1. The average molecular weight is 369 g/mol. The van der Waals surface area contributed by atoms with Crippen LogP contribution in [0.25, 0.3) is 0 Å². The first-order chi connectivity index (χ1) is 13.2. The molecular formula is C21H27N3O3. The fourth-order valence-corrected chi connectivity index (χ4v) is 3.22. The Balaban J connectivity index is 1.45. The van der Waals surface area contributed by atoms with Crippen LogP contribution in [0.1, 0.15) is 19.3 Å². The number of nitrogens with zero attached hydrogens (tertiary/aromatic N) is 1.